The SMILES string of the molecule is CCc1ccc(/C=C/c2ccc3c(c2)c2ccccc2n3CC)cc1. The number of nitrogens with zero attached hydrogens (tertiary/aromatic N) is 1. The van der Waals surface area contributed by atoms with Crippen molar-refractivity contribution >= 4 is 34.0 Å². The van der Waals surface area contributed by atoms with E-state index in [2.05, 4.69) is 97.3 Å². The summed E-state index contributed by atoms with van der Waals surface area (Å²) in [6.45, 7) is 5.38. The quantitative estimate of drug-likeness (QED) is 0.375. The Labute approximate surface area is 149 Å². The van der Waals surface area contributed by atoms with Gasteiger partial charge in [0.1, 0.15) is 0 Å². The third kappa shape index (κ3) is 2.87. The molecular formula is C24H23N. The lowest BCUT2D eigenvalue weighted by atomic mass is 10.1. The van der Waals surface area contributed by atoms with Crippen LogP contribution in [0, 0.1) is 0 Å². The van der Waals surface area contributed by atoms with E-state index >= 15 is 0 Å². The molecular weight excluding hydrogens is 302 g/mol. The van der Waals surface area contributed by atoms with Crippen LogP contribution < -0.4 is 0 Å². The van der Waals surface area contributed by atoms with E-state index in [-0.39, 0.29) is 0 Å². The van der Waals surface area contributed by atoms with Gasteiger partial charge in [-0.2, -0.15) is 0 Å². The Morgan fingerprint density at radius 2 is 1.40 bits per heavy atom. The van der Waals surface area contributed by atoms with Crippen molar-refractivity contribution in [1.82, 2.24) is 4.57 Å². The molecule has 0 fully saturated rings. The predicted molar refractivity (Wildman–Crippen MR) is 110 cm³/mol. The summed E-state index contributed by atoms with van der Waals surface area (Å²) in [4.78, 5) is 0. The summed E-state index contributed by atoms with van der Waals surface area (Å²) in [5.41, 5.74) is 6.50. The van der Waals surface area contributed by atoms with Crippen LogP contribution in [-0.2, 0) is 13.0 Å². The molecule has 1 heterocycles. The molecule has 0 atom stereocenters. The number of aryl methyl sites for hydroxylation is 2. The lowest BCUT2D eigenvalue weighted by Crippen LogP contribution is -1.92. The summed E-state index contributed by atoms with van der Waals surface area (Å²) in [5.74, 6) is 0. The van der Waals surface area contributed by atoms with Crippen molar-refractivity contribution in [3.63, 3.8) is 0 Å². The molecule has 124 valence electrons. The molecule has 0 saturated heterocycles. The lowest BCUT2D eigenvalue weighted by molar-refractivity contribution is 0.827. The molecule has 0 amide bonds. The van der Waals surface area contributed by atoms with E-state index in [4.69, 9.17) is 0 Å². The molecule has 1 aromatic heterocycles. The van der Waals surface area contributed by atoms with Crippen molar-refractivity contribution < 1.29 is 0 Å². The first-order valence-corrected chi connectivity index (χ1v) is 9.08. The molecule has 0 spiro atoms. The van der Waals surface area contributed by atoms with Crippen LogP contribution in [-0.4, -0.2) is 4.57 Å². The van der Waals surface area contributed by atoms with Gasteiger partial charge in [0.25, 0.3) is 0 Å². The highest BCUT2D eigenvalue weighted by molar-refractivity contribution is 6.08. The fourth-order valence-corrected chi connectivity index (χ4v) is 3.57. The van der Waals surface area contributed by atoms with Gasteiger partial charge in [-0.1, -0.05) is 67.6 Å². The van der Waals surface area contributed by atoms with Crippen LogP contribution in [0.2, 0.25) is 0 Å². The average molecular weight is 325 g/mol. The van der Waals surface area contributed by atoms with Gasteiger partial charge in [0, 0.05) is 28.4 Å². The number of aromatic nitrogens is 1. The number of hydrogen-bond donors (Lipinski definition) is 0. The normalized spacial score (nSPS) is 11.8. The highest BCUT2D eigenvalue weighted by Gasteiger charge is 2.08. The highest BCUT2D eigenvalue weighted by atomic mass is 15.0. The topological polar surface area (TPSA) is 4.93 Å². The first kappa shape index (κ1) is 15.7. The number of rotatable bonds is 4. The third-order valence-electron chi connectivity index (χ3n) is 4.97. The van der Waals surface area contributed by atoms with Gasteiger partial charge < -0.3 is 4.57 Å². The van der Waals surface area contributed by atoms with Gasteiger partial charge in [-0.05, 0) is 48.2 Å². The Hall–Kier alpha value is -2.80. The fraction of sp³-hybridized carbons (Fsp3) is 0.167. The maximum atomic E-state index is 2.39. The molecule has 0 N–H and O–H groups in total. The zero-order valence-electron chi connectivity index (χ0n) is 14.9. The summed E-state index contributed by atoms with van der Waals surface area (Å²) < 4.78 is 2.39. The van der Waals surface area contributed by atoms with Crippen LogP contribution in [0.5, 0.6) is 0 Å². The smallest absolute Gasteiger partial charge is 0.0491 e. The molecule has 3 aromatic carbocycles. The molecule has 0 aliphatic carbocycles. The molecule has 0 bridgehead atoms. The van der Waals surface area contributed by atoms with Crippen molar-refractivity contribution in [3.8, 4) is 0 Å². The second-order valence-electron chi connectivity index (χ2n) is 6.47. The van der Waals surface area contributed by atoms with Crippen LogP contribution in [0.25, 0.3) is 34.0 Å². The van der Waals surface area contributed by atoms with E-state index in [1.54, 1.807) is 0 Å². The van der Waals surface area contributed by atoms with Gasteiger partial charge in [0.05, 0.1) is 0 Å². The standard InChI is InChI=1S/C24H23N/c1-3-18-9-11-19(12-10-18)13-14-20-15-16-24-22(17-20)21-7-5-6-8-23(21)25(24)4-2/h5-17H,3-4H2,1-2H3/b14-13+. The minimum atomic E-state index is 0.989. The number of fused-ring (bicyclic) bond motifs is 3. The Morgan fingerprint density at radius 1 is 0.720 bits per heavy atom. The van der Waals surface area contributed by atoms with Crippen LogP contribution in [0.3, 0.4) is 0 Å². The molecule has 0 aliphatic heterocycles. The molecule has 1 heteroatoms. The molecule has 0 saturated carbocycles. The van der Waals surface area contributed by atoms with E-state index in [1.165, 1.54) is 38.5 Å². The third-order valence-corrected chi connectivity index (χ3v) is 4.97. The fourth-order valence-electron chi connectivity index (χ4n) is 3.57. The molecule has 0 aliphatic rings. The molecule has 1 nitrogen and oxygen atoms in total. The van der Waals surface area contributed by atoms with Gasteiger partial charge in [0.2, 0.25) is 0 Å². The van der Waals surface area contributed by atoms with Crippen LogP contribution in [0.15, 0.2) is 66.7 Å². The van der Waals surface area contributed by atoms with E-state index in [0.717, 1.165) is 13.0 Å². The Morgan fingerprint density at radius 3 is 2.16 bits per heavy atom. The molecule has 0 unspecified atom stereocenters. The Kier molecular flexibility index (Phi) is 4.15. The van der Waals surface area contributed by atoms with Crippen LogP contribution >= 0.6 is 0 Å². The number of hydrogen-bond acceptors (Lipinski definition) is 0. The zero-order chi connectivity index (χ0) is 17.2. The predicted octanol–water partition coefficient (Wildman–Crippen LogP) is 6.55. The summed E-state index contributed by atoms with van der Waals surface area (Å²) >= 11 is 0. The minimum Gasteiger partial charge on any atom is -0.341 e. The second-order valence-corrected chi connectivity index (χ2v) is 6.47. The van der Waals surface area contributed by atoms with Crippen molar-refractivity contribution in [1.29, 1.82) is 0 Å². The number of benzene rings is 3. The van der Waals surface area contributed by atoms with Crippen LogP contribution in [0.1, 0.15) is 30.5 Å². The van der Waals surface area contributed by atoms with E-state index in [9.17, 15) is 0 Å². The average Bonchev–Trinajstić information content (AvgIpc) is 3.00. The monoisotopic (exact) mass is 325 g/mol. The first-order valence-electron chi connectivity index (χ1n) is 9.08. The first-order chi connectivity index (χ1) is 12.3. The highest BCUT2D eigenvalue weighted by Crippen LogP contribution is 2.30. The van der Waals surface area contributed by atoms with E-state index in [1.807, 2.05) is 0 Å². The summed E-state index contributed by atoms with van der Waals surface area (Å²) in [5, 5.41) is 2.67. The number of para-hydroxylation sites is 1. The molecule has 4 rings (SSSR count). The summed E-state index contributed by atoms with van der Waals surface area (Å²) in [6.07, 6.45) is 5.49. The van der Waals surface area contributed by atoms with Gasteiger partial charge in [-0.25, -0.2) is 0 Å². The lowest BCUT2D eigenvalue weighted by Gasteiger charge is -2.03. The van der Waals surface area contributed by atoms with Gasteiger partial charge >= 0.3 is 0 Å². The Balaban J connectivity index is 1.75. The van der Waals surface area contributed by atoms with Crippen LogP contribution in [0.4, 0.5) is 0 Å². The summed E-state index contributed by atoms with van der Waals surface area (Å²) in [6, 6.07) is 24.2. The van der Waals surface area contributed by atoms with Gasteiger partial charge in [-0.3, -0.25) is 0 Å². The maximum absolute atomic E-state index is 2.39. The Bertz CT molecular complexity index is 1050. The van der Waals surface area contributed by atoms with Gasteiger partial charge in [0.15, 0.2) is 0 Å². The molecule has 4 aromatic rings. The minimum absolute atomic E-state index is 0.989. The molecule has 25 heavy (non-hydrogen) atoms. The largest absolute Gasteiger partial charge is 0.341 e. The zero-order valence-corrected chi connectivity index (χ0v) is 14.9. The van der Waals surface area contributed by atoms with Crippen molar-refractivity contribution in [2.75, 3.05) is 0 Å². The second kappa shape index (κ2) is 6.60. The van der Waals surface area contributed by atoms with Crippen molar-refractivity contribution in [2.45, 2.75) is 26.8 Å². The van der Waals surface area contributed by atoms with Gasteiger partial charge in [-0.15, -0.1) is 0 Å². The maximum Gasteiger partial charge on any atom is 0.0491 e. The molecule has 0 radical (unpaired) electrons. The van der Waals surface area contributed by atoms with Crippen molar-refractivity contribution in [3.05, 3.63) is 83.4 Å². The summed E-state index contributed by atoms with van der Waals surface area (Å²) in [7, 11) is 0. The van der Waals surface area contributed by atoms with E-state index in [0.29, 0.717) is 0 Å². The van der Waals surface area contributed by atoms with E-state index < -0.39 is 0 Å². The van der Waals surface area contributed by atoms with Crippen molar-refractivity contribution in [2.24, 2.45) is 0 Å².